The first-order valence-electron chi connectivity index (χ1n) is 20.1. The summed E-state index contributed by atoms with van der Waals surface area (Å²) in [5.74, 6) is 0. The maximum Gasteiger partial charge on any atom is 0.0726 e. The molecule has 0 N–H and O–H groups in total. The van der Waals surface area contributed by atoms with E-state index in [1.807, 2.05) is 11.3 Å². The molecule has 2 aliphatic carbocycles. The molecule has 0 saturated heterocycles. The van der Waals surface area contributed by atoms with Gasteiger partial charge in [0.05, 0.1) is 11.1 Å². The smallest absolute Gasteiger partial charge is 0.0726 e. The lowest BCUT2D eigenvalue weighted by atomic mass is 9.70. The topological polar surface area (TPSA) is 3.24 Å². The van der Waals surface area contributed by atoms with Crippen molar-refractivity contribution in [3.05, 3.63) is 234 Å². The van der Waals surface area contributed by atoms with Crippen molar-refractivity contribution < 1.29 is 0 Å². The molecule has 12 rings (SSSR count). The maximum atomic E-state index is 2.50. The molecule has 2 aliphatic rings. The van der Waals surface area contributed by atoms with E-state index >= 15 is 0 Å². The molecular weight excluding hydrogens is 719 g/mol. The van der Waals surface area contributed by atoms with Crippen LogP contribution in [-0.2, 0) is 5.41 Å². The van der Waals surface area contributed by atoms with Crippen LogP contribution in [0.5, 0.6) is 0 Å². The van der Waals surface area contributed by atoms with Crippen molar-refractivity contribution >= 4 is 48.6 Å². The molecule has 1 spiro atoms. The number of aryl methyl sites for hydroxylation is 1. The van der Waals surface area contributed by atoms with Crippen LogP contribution >= 0.6 is 11.3 Å². The molecule has 1 atom stereocenters. The maximum absolute atomic E-state index is 2.50. The normalized spacial score (nSPS) is 14.7. The van der Waals surface area contributed by atoms with E-state index in [1.165, 1.54) is 98.2 Å². The van der Waals surface area contributed by atoms with Gasteiger partial charge in [0.15, 0.2) is 0 Å². The average molecular weight is 756 g/mol. The average Bonchev–Trinajstić information content (AvgIpc) is 3.92. The standard InChI is InChI=1S/C56H37NS/c1-36-35-40(38-17-6-3-7-18-38)29-34-50(36)57(41-30-27-39(28-31-41)37-15-4-2-5-16-37)51-25-14-24-48-53(51)44-20-8-11-22-46(44)56(48)47-23-12-9-21-45(47)54-49(56)33-32-43-42-19-10-13-26-52(42)58-55(43)54/h2-35H,1H3. The second kappa shape index (κ2) is 12.8. The summed E-state index contributed by atoms with van der Waals surface area (Å²) in [6, 6.07) is 76.6. The summed E-state index contributed by atoms with van der Waals surface area (Å²) in [7, 11) is 0. The minimum absolute atomic E-state index is 0.465. The molecule has 58 heavy (non-hydrogen) atoms. The van der Waals surface area contributed by atoms with Gasteiger partial charge in [-0.3, -0.25) is 0 Å². The third kappa shape index (κ3) is 4.64. The Morgan fingerprint density at radius 3 is 1.69 bits per heavy atom. The fraction of sp³-hybridized carbons (Fsp3) is 0.0357. The van der Waals surface area contributed by atoms with Gasteiger partial charge >= 0.3 is 0 Å². The number of fused-ring (bicyclic) bond motifs is 14. The van der Waals surface area contributed by atoms with Crippen molar-refractivity contribution in [1.82, 2.24) is 0 Å². The van der Waals surface area contributed by atoms with Crippen molar-refractivity contribution in [3.8, 4) is 44.5 Å². The molecule has 0 saturated carbocycles. The zero-order valence-electron chi connectivity index (χ0n) is 32.0. The van der Waals surface area contributed by atoms with Gasteiger partial charge in [-0.2, -0.15) is 0 Å². The SMILES string of the molecule is Cc1cc(-c2ccccc2)ccc1N(c1ccc(-c2ccccc2)cc1)c1cccc2c1-c1ccccc1C21c2ccccc2-c2c1ccc1c2sc2ccccc21. The quantitative estimate of drug-likeness (QED) is 0.169. The molecule has 1 heterocycles. The first-order chi connectivity index (χ1) is 28.7. The van der Waals surface area contributed by atoms with Gasteiger partial charge in [0.25, 0.3) is 0 Å². The fourth-order valence-corrected chi connectivity index (χ4v) is 11.4. The van der Waals surface area contributed by atoms with E-state index in [2.05, 4.69) is 218 Å². The monoisotopic (exact) mass is 755 g/mol. The highest BCUT2D eigenvalue weighted by atomic mass is 32.1. The van der Waals surface area contributed by atoms with Crippen molar-refractivity contribution in [3.63, 3.8) is 0 Å². The predicted octanol–water partition coefficient (Wildman–Crippen LogP) is 15.5. The van der Waals surface area contributed by atoms with E-state index in [1.54, 1.807) is 0 Å². The summed E-state index contributed by atoms with van der Waals surface area (Å²) in [6.45, 7) is 2.26. The number of anilines is 3. The summed E-state index contributed by atoms with van der Waals surface area (Å²) in [4.78, 5) is 2.50. The predicted molar refractivity (Wildman–Crippen MR) is 246 cm³/mol. The van der Waals surface area contributed by atoms with Gasteiger partial charge < -0.3 is 4.90 Å². The van der Waals surface area contributed by atoms with Gasteiger partial charge in [-0.25, -0.2) is 0 Å². The summed E-state index contributed by atoms with van der Waals surface area (Å²) in [6.07, 6.45) is 0. The Kier molecular flexibility index (Phi) is 7.30. The Bertz CT molecular complexity index is 3230. The zero-order valence-corrected chi connectivity index (χ0v) is 32.8. The number of hydrogen-bond donors (Lipinski definition) is 0. The molecule has 1 aromatic heterocycles. The molecule has 0 fully saturated rings. The van der Waals surface area contributed by atoms with Gasteiger partial charge in [-0.05, 0) is 105 Å². The minimum atomic E-state index is -0.465. The Hall–Kier alpha value is -7.00. The largest absolute Gasteiger partial charge is 0.310 e. The summed E-state index contributed by atoms with van der Waals surface area (Å²) >= 11 is 1.93. The van der Waals surface area contributed by atoms with E-state index in [0.717, 1.165) is 11.4 Å². The van der Waals surface area contributed by atoms with Crippen molar-refractivity contribution in [2.45, 2.75) is 12.3 Å². The number of thiophene rings is 1. The van der Waals surface area contributed by atoms with Crippen LogP contribution in [0.1, 0.15) is 27.8 Å². The second-order valence-corrected chi connectivity index (χ2v) is 16.7. The van der Waals surface area contributed by atoms with E-state index in [9.17, 15) is 0 Å². The van der Waals surface area contributed by atoms with Crippen LogP contribution in [0, 0.1) is 6.92 Å². The lowest BCUT2D eigenvalue weighted by Crippen LogP contribution is -2.26. The molecule has 10 aromatic rings. The molecule has 0 bridgehead atoms. The molecule has 2 heteroatoms. The third-order valence-corrected chi connectivity index (χ3v) is 13.8. The van der Waals surface area contributed by atoms with Gasteiger partial charge in [0.1, 0.15) is 0 Å². The van der Waals surface area contributed by atoms with Crippen molar-refractivity contribution in [2.24, 2.45) is 0 Å². The number of nitrogens with zero attached hydrogens (tertiary/aromatic N) is 1. The van der Waals surface area contributed by atoms with Gasteiger partial charge in [0.2, 0.25) is 0 Å². The first-order valence-corrected chi connectivity index (χ1v) is 20.9. The minimum Gasteiger partial charge on any atom is -0.310 e. The fourth-order valence-electron chi connectivity index (χ4n) is 10.2. The van der Waals surface area contributed by atoms with Crippen molar-refractivity contribution in [1.29, 1.82) is 0 Å². The van der Waals surface area contributed by atoms with Crippen LogP contribution < -0.4 is 4.90 Å². The van der Waals surface area contributed by atoms with Gasteiger partial charge in [-0.1, -0.05) is 170 Å². The highest BCUT2D eigenvalue weighted by Gasteiger charge is 2.53. The molecule has 0 aliphatic heterocycles. The second-order valence-electron chi connectivity index (χ2n) is 15.6. The number of benzene rings is 9. The Morgan fingerprint density at radius 2 is 0.966 bits per heavy atom. The third-order valence-electron chi connectivity index (χ3n) is 12.6. The van der Waals surface area contributed by atoms with E-state index < -0.39 is 5.41 Å². The summed E-state index contributed by atoms with van der Waals surface area (Å²) in [5.41, 5.74) is 19.8. The van der Waals surface area contributed by atoms with Crippen LogP contribution in [0.2, 0.25) is 0 Å². The van der Waals surface area contributed by atoms with E-state index in [4.69, 9.17) is 0 Å². The highest BCUT2D eigenvalue weighted by Crippen LogP contribution is 2.66. The molecule has 1 nitrogen and oxygen atoms in total. The van der Waals surface area contributed by atoms with E-state index in [0.29, 0.717) is 0 Å². The first kappa shape index (κ1) is 33.2. The molecule has 0 amide bonds. The summed E-state index contributed by atoms with van der Waals surface area (Å²) in [5, 5.41) is 2.67. The van der Waals surface area contributed by atoms with Crippen LogP contribution in [0.25, 0.3) is 64.7 Å². The molecule has 272 valence electrons. The molecule has 9 aromatic carbocycles. The van der Waals surface area contributed by atoms with Crippen LogP contribution in [-0.4, -0.2) is 0 Å². The van der Waals surface area contributed by atoms with E-state index in [-0.39, 0.29) is 0 Å². The number of hydrogen-bond acceptors (Lipinski definition) is 2. The van der Waals surface area contributed by atoms with Crippen LogP contribution in [0.15, 0.2) is 206 Å². The van der Waals surface area contributed by atoms with Crippen LogP contribution in [0.4, 0.5) is 17.1 Å². The Balaban J connectivity index is 1.13. The molecular formula is C56H37NS. The number of rotatable bonds is 5. The Morgan fingerprint density at radius 1 is 0.397 bits per heavy atom. The van der Waals surface area contributed by atoms with Crippen molar-refractivity contribution in [2.75, 3.05) is 4.90 Å². The Labute approximate surface area is 342 Å². The van der Waals surface area contributed by atoms with Gasteiger partial charge in [-0.15, -0.1) is 11.3 Å². The summed E-state index contributed by atoms with van der Waals surface area (Å²) < 4.78 is 2.71. The molecule has 0 radical (unpaired) electrons. The lowest BCUT2D eigenvalue weighted by molar-refractivity contribution is 0.794. The zero-order chi connectivity index (χ0) is 38.4. The molecule has 1 unspecified atom stereocenters. The van der Waals surface area contributed by atoms with Gasteiger partial charge in [0, 0.05) is 42.7 Å². The van der Waals surface area contributed by atoms with Crippen LogP contribution in [0.3, 0.4) is 0 Å². The lowest BCUT2D eigenvalue weighted by Gasteiger charge is -2.32. The highest BCUT2D eigenvalue weighted by molar-refractivity contribution is 7.26.